The molecule has 1 amide bonds. The molecule has 4 nitrogen and oxygen atoms in total. The summed E-state index contributed by atoms with van der Waals surface area (Å²) in [5.41, 5.74) is 2.03. The van der Waals surface area contributed by atoms with Gasteiger partial charge in [-0.25, -0.2) is 0 Å². The minimum atomic E-state index is -0.289. The summed E-state index contributed by atoms with van der Waals surface area (Å²) in [5, 5.41) is 13.0. The number of fused-ring (bicyclic) bond motifs is 1. The van der Waals surface area contributed by atoms with Crippen LogP contribution in [-0.4, -0.2) is 23.7 Å². The van der Waals surface area contributed by atoms with Gasteiger partial charge in [-0.3, -0.25) is 4.79 Å². The van der Waals surface area contributed by atoms with Crippen molar-refractivity contribution in [2.75, 3.05) is 6.61 Å². The first-order chi connectivity index (χ1) is 9.25. The zero-order valence-electron chi connectivity index (χ0n) is 10.9. The summed E-state index contributed by atoms with van der Waals surface area (Å²) in [6.07, 6.45) is 4.28. The quantitative estimate of drug-likeness (QED) is 0.856. The van der Waals surface area contributed by atoms with Crippen LogP contribution in [0.15, 0.2) is 18.2 Å². The highest BCUT2D eigenvalue weighted by atomic mass is 16.5. The Labute approximate surface area is 112 Å². The summed E-state index contributed by atoms with van der Waals surface area (Å²) in [5.74, 6) is 0.326. The molecule has 4 heteroatoms. The van der Waals surface area contributed by atoms with Crippen molar-refractivity contribution >= 4 is 5.91 Å². The van der Waals surface area contributed by atoms with E-state index >= 15 is 0 Å². The van der Waals surface area contributed by atoms with Gasteiger partial charge >= 0.3 is 0 Å². The van der Waals surface area contributed by atoms with Gasteiger partial charge in [-0.1, -0.05) is 12.1 Å². The number of amides is 1. The average molecular weight is 261 g/mol. The summed E-state index contributed by atoms with van der Waals surface area (Å²) < 4.78 is 5.41. The van der Waals surface area contributed by atoms with E-state index in [9.17, 15) is 9.90 Å². The maximum absolute atomic E-state index is 12.1. The van der Waals surface area contributed by atoms with Gasteiger partial charge in [0.25, 0.3) is 0 Å². The van der Waals surface area contributed by atoms with Crippen molar-refractivity contribution in [1.29, 1.82) is 0 Å². The van der Waals surface area contributed by atoms with Crippen LogP contribution in [-0.2, 0) is 16.0 Å². The van der Waals surface area contributed by atoms with Gasteiger partial charge in [0.2, 0.25) is 5.91 Å². The number of ether oxygens (including phenoxy) is 1. The molecule has 1 aromatic rings. The Morgan fingerprint density at radius 1 is 1.32 bits per heavy atom. The maximum atomic E-state index is 12.1. The lowest BCUT2D eigenvalue weighted by molar-refractivity contribution is -0.130. The van der Waals surface area contributed by atoms with E-state index < -0.39 is 0 Å². The van der Waals surface area contributed by atoms with Crippen LogP contribution in [0.5, 0.6) is 5.75 Å². The van der Waals surface area contributed by atoms with Gasteiger partial charge in [0.05, 0.1) is 6.04 Å². The van der Waals surface area contributed by atoms with Crippen LogP contribution in [0.2, 0.25) is 0 Å². The highest BCUT2D eigenvalue weighted by molar-refractivity contribution is 5.81. The van der Waals surface area contributed by atoms with Crippen LogP contribution >= 0.6 is 0 Å². The molecule has 1 fully saturated rings. The van der Waals surface area contributed by atoms with Crippen LogP contribution in [0, 0.1) is 0 Å². The lowest BCUT2D eigenvalue weighted by Crippen LogP contribution is -2.38. The lowest BCUT2D eigenvalue weighted by Gasteiger charge is -2.27. The third-order valence-electron chi connectivity index (χ3n) is 4.02. The van der Waals surface area contributed by atoms with E-state index in [1.165, 1.54) is 0 Å². The normalized spacial score (nSPS) is 25.9. The second kappa shape index (κ2) is 5.21. The topological polar surface area (TPSA) is 58.6 Å². The molecule has 0 unspecified atom stereocenters. The summed E-state index contributed by atoms with van der Waals surface area (Å²) in [4.78, 5) is 12.1. The number of carbonyl (C=O) groups excluding carboxylic acids is 1. The lowest BCUT2D eigenvalue weighted by atomic mass is 9.87. The summed E-state index contributed by atoms with van der Waals surface area (Å²) in [6.45, 7) is 0.681. The maximum Gasteiger partial charge on any atom is 0.249 e. The van der Waals surface area contributed by atoms with Crippen molar-refractivity contribution in [3.05, 3.63) is 29.3 Å². The summed E-state index contributed by atoms with van der Waals surface area (Å²) in [7, 11) is 0. The van der Waals surface area contributed by atoms with Crippen LogP contribution < -0.4 is 5.32 Å². The number of nitrogens with one attached hydrogen (secondary N) is 1. The number of aromatic hydroxyl groups is 1. The summed E-state index contributed by atoms with van der Waals surface area (Å²) >= 11 is 0. The second-order valence-corrected chi connectivity index (χ2v) is 5.30. The molecular formula is C15H19NO3. The molecule has 0 radical (unpaired) electrons. The predicted octanol–water partition coefficient (Wildman–Crippen LogP) is 2.06. The van der Waals surface area contributed by atoms with E-state index in [0.29, 0.717) is 12.4 Å². The van der Waals surface area contributed by atoms with Crippen molar-refractivity contribution in [1.82, 2.24) is 5.32 Å². The number of carbonyl (C=O) groups is 1. The van der Waals surface area contributed by atoms with Crippen molar-refractivity contribution in [2.24, 2.45) is 0 Å². The second-order valence-electron chi connectivity index (χ2n) is 5.30. The fourth-order valence-electron chi connectivity index (χ4n) is 3.03. The highest BCUT2D eigenvalue weighted by Crippen LogP contribution is 2.34. The van der Waals surface area contributed by atoms with E-state index in [-0.39, 0.29) is 18.1 Å². The molecule has 2 aliphatic rings. The third-order valence-corrected chi connectivity index (χ3v) is 4.02. The largest absolute Gasteiger partial charge is 0.508 e. The monoisotopic (exact) mass is 261 g/mol. The molecular weight excluding hydrogens is 242 g/mol. The number of benzene rings is 1. The Hall–Kier alpha value is -1.55. The summed E-state index contributed by atoms with van der Waals surface area (Å²) in [6, 6.07) is 5.55. The van der Waals surface area contributed by atoms with Gasteiger partial charge < -0.3 is 15.2 Å². The SMILES string of the molecule is O=C(N[C@H]1CCCc2c(O)cccc21)[C@@H]1CCCO1. The number of phenols is 1. The molecule has 19 heavy (non-hydrogen) atoms. The first kappa shape index (κ1) is 12.5. The van der Waals surface area contributed by atoms with E-state index in [4.69, 9.17) is 4.74 Å². The van der Waals surface area contributed by atoms with E-state index in [0.717, 1.165) is 43.2 Å². The Balaban J connectivity index is 1.76. The number of rotatable bonds is 2. The van der Waals surface area contributed by atoms with Crippen LogP contribution in [0.4, 0.5) is 0 Å². The number of phenolic OH excluding ortho intramolecular Hbond substituents is 1. The Morgan fingerprint density at radius 2 is 2.21 bits per heavy atom. The van der Waals surface area contributed by atoms with E-state index in [1.807, 2.05) is 12.1 Å². The smallest absolute Gasteiger partial charge is 0.249 e. The van der Waals surface area contributed by atoms with Gasteiger partial charge in [0.15, 0.2) is 0 Å². The van der Waals surface area contributed by atoms with Gasteiger partial charge in [0, 0.05) is 6.61 Å². The fourth-order valence-corrected chi connectivity index (χ4v) is 3.03. The number of hydrogen-bond donors (Lipinski definition) is 2. The standard InChI is InChI=1S/C15H19NO3/c17-13-7-2-4-10-11(13)5-1-6-12(10)16-15(18)14-8-3-9-19-14/h2,4,7,12,14,17H,1,3,5-6,8-9H2,(H,16,18)/t12-,14-/m0/s1. The Bertz CT molecular complexity index is 480. The van der Waals surface area contributed by atoms with Gasteiger partial charge in [-0.2, -0.15) is 0 Å². The van der Waals surface area contributed by atoms with Gasteiger partial charge in [-0.15, -0.1) is 0 Å². The highest BCUT2D eigenvalue weighted by Gasteiger charge is 2.28. The molecule has 102 valence electrons. The fraction of sp³-hybridized carbons (Fsp3) is 0.533. The van der Waals surface area contributed by atoms with Gasteiger partial charge in [-0.05, 0) is 49.3 Å². The molecule has 3 rings (SSSR count). The third kappa shape index (κ3) is 2.45. The molecule has 2 N–H and O–H groups in total. The Kier molecular flexibility index (Phi) is 3.42. The molecule has 0 bridgehead atoms. The molecule has 2 atom stereocenters. The van der Waals surface area contributed by atoms with E-state index in [2.05, 4.69) is 5.32 Å². The zero-order valence-corrected chi connectivity index (χ0v) is 10.9. The average Bonchev–Trinajstić information content (AvgIpc) is 2.94. The molecule has 1 aliphatic heterocycles. The van der Waals surface area contributed by atoms with Crippen molar-refractivity contribution in [3.63, 3.8) is 0 Å². The molecule has 1 aliphatic carbocycles. The molecule has 0 aromatic heterocycles. The molecule has 0 spiro atoms. The van der Waals surface area contributed by atoms with Crippen molar-refractivity contribution in [2.45, 2.75) is 44.2 Å². The molecule has 1 saturated heterocycles. The van der Waals surface area contributed by atoms with E-state index in [1.54, 1.807) is 6.07 Å². The van der Waals surface area contributed by atoms with Crippen LogP contribution in [0.3, 0.4) is 0 Å². The zero-order chi connectivity index (χ0) is 13.2. The molecule has 1 heterocycles. The van der Waals surface area contributed by atoms with Gasteiger partial charge in [0.1, 0.15) is 11.9 Å². The minimum Gasteiger partial charge on any atom is -0.508 e. The number of hydrogen-bond acceptors (Lipinski definition) is 3. The minimum absolute atomic E-state index is 0.00699. The predicted molar refractivity (Wildman–Crippen MR) is 70.9 cm³/mol. The van der Waals surface area contributed by atoms with Crippen molar-refractivity contribution in [3.8, 4) is 5.75 Å². The first-order valence-corrected chi connectivity index (χ1v) is 6.98. The van der Waals surface area contributed by atoms with Crippen LogP contribution in [0.1, 0.15) is 42.9 Å². The Morgan fingerprint density at radius 3 is 3.00 bits per heavy atom. The first-order valence-electron chi connectivity index (χ1n) is 6.98. The van der Waals surface area contributed by atoms with Crippen molar-refractivity contribution < 1.29 is 14.6 Å². The molecule has 1 aromatic carbocycles. The molecule has 0 saturated carbocycles. The van der Waals surface area contributed by atoms with Crippen LogP contribution in [0.25, 0.3) is 0 Å².